The van der Waals surface area contributed by atoms with Crippen molar-refractivity contribution >= 4 is 23.7 Å². The van der Waals surface area contributed by atoms with Crippen molar-refractivity contribution in [1.82, 2.24) is 5.43 Å². The highest BCUT2D eigenvalue weighted by molar-refractivity contribution is 6.32. The minimum Gasteiger partial charge on any atom is -0.504 e. The number of halogens is 2. The van der Waals surface area contributed by atoms with E-state index in [9.17, 15) is 19.4 Å². The smallest absolute Gasteiger partial charge is 0.280 e. The number of ether oxygens (including phenoxy) is 1. The molecule has 1 amide bonds. The van der Waals surface area contributed by atoms with Crippen LogP contribution in [0.4, 0.5) is 4.39 Å². The van der Waals surface area contributed by atoms with Gasteiger partial charge in [0.25, 0.3) is 5.91 Å². The van der Waals surface area contributed by atoms with Crippen LogP contribution >= 0.6 is 11.6 Å². The predicted octanol–water partition coefficient (Wildman–Crippen LogP) is 2.81. The zero-order valence-corrected chi connectivity index (χ0v) is 13.3. The number of benzene rings is 2. The van der Waals surface area contributed by atoms with Gasteiger partial charge in [0.2, 0.25) is 0 Å². The van der Waals surface area contributed by atoms with Crippen LogP contribution in [0.5, 0.6) is 17.2 Å². The van der Waals surface area contributed by atoms with Gasteiger partial charge in [0.15, 0.2) is 29.2 Å². The van der Waals surface area contributed by atoms with Crippen molar-refractivity contribution in [3.05, 3.63) is 52.8 Å². The normalized spacial score (nSPS) is 12.1. The molecular formula is C16H14ClFN2O4. The van der Waals surface area contributed by atoms with Crippen LogP contribution in [0.1, 0.15) is 12.5 Å². The average Bonchev–Trinajstić information content (AvgIpc) is 2.54. The number of phenols is 2. The third-order valence-corrected chi connectivity index (χ3v) is 3.25. The predicted molar refractivity (Wildman–Crippen MR) is 87.0 cm³/mol. The van der Waals surface area contributed by atoms with Crippen molar-refractivity contribution in [2.45, 2.75) is 13.0 Å². The highest BCUT2D eigenvalue weighted by Gasteiger charge is 2.15. The second kappa shape index (κ2) is 7.65. The molecule has 0 aliphatic carbocycles. The Bertz CT molecular complexity index is 759. The third kappa shape index (κ3) is 4.36. The summed E-state index contributed by atoms with van der Waals surface area (Å²) in [6.07, 6.45) is 0.245. The van der Waals surface area contributed by atoms with Crippen LogP contribution in [-0.4, -0.2) is 28.4 Å². The molecule has 6 nitrogen and oxygen atoms in total. The molecule has 0 aromatic heterocycles. The van der Waals surface area contributed by atoms with Crippen LogP contribution < -0.4 is 10.2 Å². The van der Waals surface area contributed by atoms with Gasteiger partial charge < -0.3 is 14.9 Å². The Morgan fingerprint density at radius 2 is 2.08 bits per heavy atom. The van der Waals surface area contributed by atoms with Crippen LogP contribution in [0.3, 0.4) is 0 Å². The van der Waals surface area contributed by atoms with Crippen LogP contribution in [0.2, 0.25) is 5.02 Å². The Morgan fingerprint density at radius 3 is 2.75 bits per heavy atom. The highest BCUT2D eigenvalue weighted by Crippen LogP contribution is 2.33. The molecule has 0 heterocycles. The van der Waals surface area contributed by atoms with Gasteiger partial charge in [-0.15, -0.1) is 0 Å². The molecular weight excluding hydrogens is 339 g/mol. The van der Waals surface area contributed by atoms with Crippen LogP contribution in [0, 0.1) is 5.82 Å². The first-order valence-electron chi connectivity index (χ1n) is 6.84. The number of hydrogen-bond donors (Lipinski definition) is 3. The van der Waals surface area contributed by atoms with Gasteiger partial charge in [0.1, 0.15) is 0 Å². The van der Waals surface area contributed by atoms with E-state index in [1.807, 2.05) is 0 Å². The fraction of sp³-hybridized carbons (Fsp3) is 0.125. The van der Waals surface area contributed by atoms with E-state index < -0.39 is 29.3 Å². The zero-order chi connectivity index (χ0) is 17.7. The number of nitrogens with zero attached hydrogens (tertiary/aromatic N) is 1. The van der Waals surface area contributed by atoms with E-state index in [1.54, 1.807) is 6.07 Å². The summed E-state index contributed by atoms with van der Waals surface area (Å²) < 4.78 is 18.7. The second-order valence-electron chi connectivity index (χ2n) is 4.80. The lowest BCUT2D eigenvalue weighted by molar-refractivity contribution is -0.127. The minimum atomic E-state index is -0.976. The van der Waals surface area contributed by atoms with E-state index in [-0.39, 0.29) is 10.8 Å². The highest BCUT2D eigenvalue weighted by atomic mass is 35.5. The maximum absolute atomic E-state index is 13.5. The van der Waals surface area contributed by atoms with Crippen LogP contribution in [0.15, 0.2) is 41.5 Å². The molecule has 0 fully saturated rings. The fourth-order valence-electron chi connectivity index (χ4n) is 1.73. The summed E-state index contributed by atoms with van der Waals surface area (Å²) in [6.45, 7) is 1.44. The molecule has 24 heavy (non-hydrogen) atoms. The molecule has 0 spiro atoms. The van der Waals surface area contributed by atoms with Gasteiger partial charge in [-0.3, -0.25) is 4.79 Å². The summed E-state index contributed by atoms with van der Waals surface area (Å²) in [5, 5.41) is 22.4. The third-order valence-electron chi connectivity index (χ3n) is 2.96. The van der Waals surface area contributed by atoms with Crippen molar-refractivity contribution in [2.24, 2.45) is 5.10 Å². The van der Waals surface area contributed by atoms with E-state index in [0.29, 0.717) is 5.56 Å². The Balaban J connectivity index is 1.96. The summed E-state index contributed by atoms with van der Waals surface area (Å²) in [5.41, 5.74) is 2.58. The summed E-state index contributed by atoms with van der Waals surface area (Å²) >= 11 is 5.70. The first kappa shape index (κ1) is 17.6. The molecule has 0 saturated carbocycles. The van der Waals surface area contributed by atoms with Crippen molar-refractivity contribution in [2.75, 3.05) is 0 Å². The van der Waals surface area contributed by atoms with Gasteiger partial charge in [-0.25, -0.2) is 9.82 Å². The van der Waals surface area contributed by atoms with Gasteiger partial charge in [0.05, 0.1) is 11.2 Å². The Kier molecular flexibility index (Phi) is 5.59. The molecule has 3 N–H and O–H groups in total. The average molecular weight is 353 g/mol. The van der Waals surface area contributed by atoms with Crippen molar-refractivity contribution < 1.29 is 24.1 Å². The molecule has 0 unspecified atom stereocenters. The Hall–Kier alpha value is -2.80. The van der Waals surface area contributed by atoms with E-state index in [2.05, 4.69) is 10.5 Å². The van der Waals surface area contributed by atoms with Crippen molar-refractivity contribution in [1.29, 1.82) is 0 Å². The first-order chi connectivity index (χ1) is 11.4. The molecule has 2 rings (SSSR count). The summed E-state index contributed by atoms with van der Waals surface area (Å²) in [6, 6.07) is 8.29. The number of hydrogen-bond acceptors (Lipinski definition) is 5. The number of rotatable bonds is 5. The van der Waals surface area contributed by atoms with Crippen LogP contribution in [-0.2, 0) is 4.79 Å². The topological polar surface area (TPSA) is 91.2 Å². The lowest BCUT2D eigenvalue weighted by atomic mass is 10.2. The van der Waals surface area contributed by atoms with Gasteiger partial charge in [-0.1, -0.05) is 23.7 Å². The number of phenolic OH excluding ortho intramolecular Hbond substituents is 2. The molecule has 0 aliphatic heterocycles. The summed E-state index contributed by atoms with van der Waals surface area (Å²) in [7, 11) is 0. The second-order valence-corrected chi connectivity index (χ2v) is 5.20. The quantitative estimate of drug-likeness (QED) is 0.438. The summed E-state index contributed by atoms with van der Waals surface area (Å²) in [5.74, 6) is -2.06. The number of nitrogens with one attached hydrogen (secondary N) is 1. The van der Waals surface area contributed by atoms with E-state index >= 15 is 0 Å². The SMILES string of the molecule is C[C@H](Oc1ccccc1F)C(=O)N/N=C/c1cc(O)c(O)c(Cl)c1. The monoisotopic (exact) mass is 352 g/mol. The van der Waals surface area contributed by atoms with Crippen molar-refractivity contribution in [3.63, 3.8) is 0 Å². The zero-order valence-electron chi connectivity index (χ0n) is 12.5. The molecule has 0 aliphatic rings. The van der Waals surface area contributed by atoms with Crippen molar-refractivity contribution in [3.8, 4) is 17.2 Å². The number of para-hydroxylation sites is 1. The van der Waals surface area contributed by atoms with Gasteiger partial charge >= 0.3 is 0 Å². The maximum atomic E-state index is 13.5. The largest absolute Gasteiger partial charge is 0.504 e. The Labute approximate surface area is 142 Å². The Morgan fingerprint density at radius 1 is 1.38 bits per heavy atom. The molecule has 0 radical (unpaired) electrons. The van der Waals surface area contributed by atoms with Gasteiger partial charge in [0, 0.05) is 0 Å². The standard InChI is InChI=1S/C16H14ClFN2O4/c1-9(24-14-5-3-2-4-12(14)18)16(23)20-19-8-10-6-11(17)15(22)13(21)7-10/h2-9,21-22H,1H3,(H,20,23)/b19-8+/t9-/m0/s1. The minimum absolute atomic E-state index is 0.0423. The molecule has 1 atom stereocenters. The van der Waals surface area contributed by atoms with Gasteiger partial charge in [-0.05, 0) is 36.8 Å². The molecule has 8 heteroatoms. The molecule has 2 aromatic rings. The maximum Gasteiger partial charge on any atom is 0.280 e. The summed E-state index contributed by atoms with van der Waals surface area (Å²) in [4.78, 5) is 11.8. The first-order valence-corrected chi connectivity index (χ1v) is 7.22. The molecule has 0 bridgehead atoms. The molecule has 126 valence electrons. The van der Waals surface area contributed by atoms with Crippen LogP contribution in [0.25, 0.3) is 0 Å². The lowest BCUT2D eigenvalue weighted by Gasteiger charge is -2.13. The van der Waals surface area contributed by atoms with Gasteiger partial charge in [-0.2, -0.15) is 5.10 Å². The number of hydrazone groups is 1. The number of amides is 1. The van der Waals surface area contributed by atoms with E-state index in [4.69, 9.17) is 16.3 Å². The number of aromatic hydroxyl groups is 2. The lowest BCUT2D eigenvalue weighted by Crippen LogP contribution is -2.33. The number of carbonyl (C=O) groups is 1. The fourth-order valence-corrected chi connectivity index (χ4v) is 1.95. The van der Waals surface area contributed by atoms with E-state index in [1.165, 1.54) is 43.5 Å². The molecule has 2 aromatic carbocycles. The number of carbonyl (C=O) groups excluding carboxylic acids is 1. The van der Waals surface area contributed by atoms with E-state index in [0.717, 1.165) is 0 Å². The molecule has 0 saturated heterocycles.